The molecule has 2 atom stereocenters. The molecule has 25 heavy (non-hydrogen) atoms. The van der Waals surface area contributed by atoms with Crippen molar-refractivity contribution in [3.05, 3.63) is 41.8 Å². The minimum Gasteiger partial charge on any atom is -0.319 e. The Morgan fingerprint density at radius 1 is 1.32 bits per heavy atom. The van der Waals surface area contributed by atoms with Crippen LogP contribution in [0.25, 0.3) is 5.69 Å². The van der Waals surface area contributed by atoms with Crippen molar-refractivity contribution < 1.29 is 9.18 Å². The number of hydrogen-bond acceptors (Lipinski definition) is 4. The van der Waals surface area contributed by atoms with Crippen LogP contribution in [0.2, 0.25) is 0 Å². The number of nitrogens with zero attached hydrogens (tertiary/aromatic N) is 5. The number of fused-ring (bicyclic) bond motifs is 2. The van der Waals surface area contributed by atoms with E-state index in [4.69, 9.17) is 5.26 Å². The van der Waals surface area contributed by atoms with Crippen molar-refractivity contribution in [2.45, 2.75) is 12.5 Å². The normalized spacial score (nSPS) is 21.8. The molecule has 1 aromatic heterocycles. The highest BCUT2D eigenvalue weighted by atomic mass is 19.1. The van der Waals surface area contributed by atoms with Crippen molar-refractivity contribution in [1.82, 2.24) is 19.6 Å². The van der Waals surface area contributed by atoms with Gasteiger partial charge in [0.1, 0.15) is 17.4 Å². The van der Waals surface area contributed by atoms with Crippen molar-refractivity contribution >= 4 is 11.8 Å². The molecule has 2 aromatic rings. The van der Waals surface area contributed by atoms with Gasteiger partial charge in [0.15, 0.2) is 5.82 Å². The van der Waals surface area contributed by atoms with Crippen LogP contribution in [-0.4, -0.2) is 57.8 Å². The van der Waals surface area contributed by atoms with Crippen molar-refractivity contribution in [3.63, 3.8) is 0 Å². The summed E-state index contributed by atoms with van der Waals surface area (Å²) < 4.78 is 15.1. The number of benzene rings is 1. The van der Waals surface area contributed by atoms with Crippen LogP contribution in [0.1, 0.15) is 12.0 Å². The summed E-state index contributed by atoms with van der Waals surface area (Å²) >= 11 is 0. The molecule has 7 nitrogen and oxygen atoms in total. The summed E-state index contributed by atoms with van der Waals surface area (Å²) in [6.07, 6.45) is 2.59. The number of piperazine rings is 1. The average Bonchev–Trinajstić information content (AvgIpc) is 3.22. The van der Waals surface area contributed by atoms with Crippen molar-refractivity contribution in [3.8, 4) is 11.8 Å². The van der Waals surface area contributed by atoms with E-state index < -0.39 is 5.82 Å². The summed E-state index contributed by atoms with van der Waals surface area (Å²) in [5.41, 5.74) is 0.262. The van der Waals surface area contributed by atoms with Crippen LogP contribution in [0.5, 0.6) is 0 Å². The van der Waals surface area contributed by atoms with Gasteiger partial charge in [0.2, 0.25) is 0 Å². The van der Waals surface area contributed by atoms with E-state index >= 15 is 0 Å². The molecule has 2 aliphatic rings. The fourth-order valence-electron chi connectivity index (χ4n) is 3.49. The standard InChI is InChI=1S/C17H17FN6O/c18-14-2-1-3-15(13(14)10-19)24-7-5-16(21-24)20-17(25)23-9-8-22-6-4-12(23)11-22/h1-3,5,7,12H,4,6,8-9,11H2,(H,20,21,25). The number of nitrogens with one attached hydrogen (secondary N) is 1. The zero-order valence-corrected chi connectivity index (χ0v) is 13.5. The average molecular weight is 340 g/mol. The van der Waals surface area contributed by atoms with Gasteiger partial charge in [-0.05, 0) is 18.6 Å². The molecule has 2 bridgehead atoms. The summed E-state index contributed by atoms with van der Waals surface area (Å²) in [5, 5.41) is 16.2. The van der Waals surface area contributed by atoms with E-state index in [0.29, 0.717) is 18.1 Å². The van der Waals surface area contributed by atoms with Crippen LogP contribution in [0, 0.1) is 17.1 Å². The van der Waals surface area contributed by atoms with Crippen LogP contribution in [0.4, 0.5) is 15.0 Å². The van der Waals surface area contributed by atoms with Gasteiger partial charge in [-0.15, -0.1) is 5.10 Å². The van der Waals surface area contributed by atoms with Gasteiger partial charge in [-0.1, -0.05) is 6.07 Å². The van der Waals surface area contributed by atoms with Gasteiger partial charge in [-0.3, -0.25) is 10.2 Å². The molecule has 2 saturated heterocycles. The molecule has 0 spiro atoms. The number of hydrogen-bond donors (Lipinski definition) is 1. The molecular formula is C17H17FN6O. The van der Waals surface area contributed by atoms with Gasteiger partial charge in [0.25, 0.3) is 0 Å². The smallest absolute Gasteiger partial charge is 0.319 e. The van der Waals surface area contributed by atoms with E-state index in [1.54, 1.807) is 18.3 Å². The number of rotatable bonds is 2. The first-order chi connectivity index (χ1) is 12.2. The molecule has 0 aliphatic carbocycles. The molecular weight excluding hydrogens is 323 g/mol. The summed E-state index contributed by atoms with van der Waals surface area (Å²) in [5.74, 6) is -0.223. The number of anilines is 1. The van der Waals surface area contributed by atoms with E-state index in [1.807, 2.05) is 11.0 Å². The van der Waals surface area contributed by atoms with Crippen molar-refractivity contribution in [1.29, 1.82) is 5.26 Å². The molecule has 128 valence electrons. The minimum absolute atomic E-state index is 0.0782. The highest BCUT2D eigenvalue weighted by molar-refractivity contribution is 5.88. The number of amides is 2. The van der Waals surface area contributed by atoms with E-state index in [9.17, 15) is 9.18 Å². The van der Waals surface area contributed by atoms with Crippen LogP contribution >= 0.6 is 0 Å². The zero-order chi connectivity index (χ0) is 17.4. The molecule has 2 aliphatic heterocycles. The van der Waals surface area contributed by atoms with Gasteiger partial charge in [0.05, 0.1) is 5.69 Å². The maximum Gasteiger partial charge on any atom is 0.323 e. The molecule has 2 amide bonds. The highest BCUT2D eigenvalue weighted by Crippen LogP contribution is 2.22. The van der Waals surface area contributed by atoms with Crippen LogP contribution < -0.4 is 5.32 Å². The second-order valence-electron chi connectivity index (χ2n) is 6.26. The molecule has 4 rings (SSSR count). The molecule has 0 saturated carbocycles. The topological polar surface area (TPSA) is 77.2 Å². The van der Waals surface area contributed by atoms with Gasteiger partial charge < -0.3 is 4.90 Å². The lowest BCUT2D eigenvalue weighted by Crippen LogP contribution is -2.51. The first-order valence-electron chi connectivity index (χ1n) is 8.20. The highest BCUT2D eigenvalue weighted by Gasteiger charge is 2.35. The molecule has 1 N–H and O–H groups in total. The van der Waals surface area contributed by atoms with Crippen LogP contribution in [-0.2, 0) is 0 Å². The second-order valence-corrected chi connectivity index (χ2v) is 6.26. The predicted molar refractivity (Wildman–Crippen MR) is 88.8 cm³/mol. The molecule has 8 heteroatoms. The molecule has 2 fully saturated rings. The summed E-state index contributed by atoms with van der Waals surface area (Å²) in [6.45, 7) is 3.57. The Kier molecular flexibility index (Phi) is 3.86. The molecule has 3 heterocycles. The van der Waals surface area contributed by atoms with Gasteiger partial charge >= 0.3 is 6.03 Å². The Balaban J connectivity index is 1.51. The third kappa shape index (κ3) is 2.83. The maximum atomic E-state index is 13.7. The number of nitriles is 1. The fourth-order valence-corrected chi connectivity index (χ4v) is 3.49. The monoisotopic (exact) mass is 340 g/mol. The third-order valence-corrected chi connectivity index (χ3v) is 4.78. The Bertz CT molecular complexity index is 857. The summed E-state index contributed by atoms with van der Waals surface area (Å²) in [6, 6.07) is 7.92. The van der Waals surface area contributed by atoms with Crippen LogP contribution in [0.3, 0.4) is 0 Å². The number of carbonyl (C=O) groups excluding carboxylic acids is 1. The first-order valence-corrected chi connectivity index (χ1v) is 8.20. The van der Waals surface area contributed by atoms with Crippen molar-refractivity contribution in [2.75, 3.05) is 31.5 Å². The largest absolute Gasteiger partial charge is 0.323 e. The molecule has 1 aromatic carbocycles. The van der Waals surface area contributed by atoms with Crippen LogP contribution in [0.15, 0.2) is 30.5 Å². The summed E-state index contributed by atoms with van der Waals surface area (Å²) in [4.78, 5) is 16.7. The fraction of sp³-hybridized carbons (Fsp3) is 0.353. The Labute approximate surface area is 144 Å². The first kappa shape index (κ1) is 15.6. The lowest BCUT2D eigenvalue weighted by molar-refractivity contribution is 0.153. The Morgan fingerprint density at radius 3 is 3.04 bits per heavy atom. The van der Waals surface area contributed by atoms with E-state index in [0.717, 1.165) is 26.1 Å². The lowest BCUT2D eigenvalue weighted by Gasteiger charge is -2.34. The summed E-state index contributed by atoms with van der Waals surface area (Å²) in [7, 11) is 0. The minimum atomic E-state index is -0.597. The predicted octanol–water partition coefficient (Wildman–Crippen LogP) is 1.80. The second kappa shape index (κ2) is 6.18. The number of aromatic nitrogens is 2. The van der Waals surface area contributed by atoms with E-state index in [1.165, 1.54) is 16.8 Å². The zero-order valence-electron chi connectivity index (χ0n) is 13.5. The SMILES string of the molecule is N#Cc1c(F)cccc1-n1ccc(NC(=O)N2CCN3CCC2C3)n1. The number of carbonyl (C=O) groups is 1. The van der Waals surface area contributed by atoms with E-state index in [-0.39, 0.29) is 17.6 Å². The molecule has 0 radical (unpaired) electrons. The Hall–Kier alpha value is -2.92. The van der Waals surface area contributed by atoms with Gasteiger partial charge in [-0.25, -0.2) is 13.9 Å². The van der Waals surface area contributed by atoms with E-state index in [2.05, 4.69) is 15.3 Å². The maximum absolute atomic E-state index is 13.7. The lowest BCUT2D eigenvalue weighted by atomic mass is 10.2. The Morgan fingerprint density at radius 2 is 2.20 bits per heavy atom. The number of urea groups is 1. The number of halogens is 1. The van der Waals surface area contributed by atoms with Gasteiger partial charge in [0, 0.05) is 44.5 Å². The molecule has 2 unspecified atom stereocenters. The third-order valence-electron chi connectivity index (χ3n) is 4.78. The quantitative estimate of drug-likeness (QED) is 0.904. The van der Waals surface area contributed by atoms with Crippen molar-refractivity contribution in [2.24, 2.45) is 0 Å². The van der Waals surface area contributed by atoms with Gasteiger partial charge in [-0.2, -0.15) is 5.26 Å².